The van der Waals surface area contributed by atoms with Crippen molar-refractivity contribution in [2.24, 2.45) is 5.92 Å². The van der Waals surface area contributed by atoms with E-state index in [9.17, 15) is 9.90 Å². The van der Waals surface area contributed by atoms with Crippen LogP contribution in [-0.4, -0.2) is 43.8 Å². The van der Waals surface area contributed by atoms with Crippen molar-refractivity contribution in [2.75, 3.05) is 21.3 Å². The molecule has 0 heterocycles. The van der Waals surface area contributed by atoms with E-state index in [1.807, 2.05) is 6.08 Å². The molecular formula is C12H16O5. The van der Waals surface area contributed by atoms with Gasteiger partial charge in [0.25, 0.3) is 0 Å². The third kappa shape index (κ3) is 1.40. The van der Waals surface area contributed by atoms with Crippen LogP contribution in [0.1, 0.15) is 6.42 Å². The van der Waals surface area contributed by atoms with Crippen LogP contribution in [0.15, 0.2) is 23.8 Å². The maximum Gasteiger partial charge on any atom is 0.334 e. The zero-order valence-electron chi connectivity index (χ0n) is 10.1. The molecule has 2 bridgehead atoms. The molecule has 0 aliphatic heterocycles. The minimum absolute atomic E-state index is 0.361. The molecule has 0 unspecified atom stereocenters. The Morgan fingerprint density at radius 3 is 2.53 bits per heavy atom. The van der Waals surface area contributed by atoms with Gasteiger partial charge in [-0.05, 0) is 18.6 Å². The van der Waals surface area contributed by atoms with Crippen molar-refractivity contribution in [2.45, 2.75) is 17.8 Å². The molecule has 17 heavy (non-hydrogen) atoms. The molecule has 0 saturated carbocycles. The number of hydrogen-bond acceptors (Lipinski definition) is 5. The van der Waals surface area contributed by atoms with Gasteiger partial charge in [-0.2, -0.15) is 0 Å². The van der Waals surface area contributed by atoms with Crippen LogP contribution in [0.25, 0.3) is 0 Å². The zero-order chi connectivity index (χ0) is 12.7. The number of rotatable bonds is 3. The Morgan fingerprint density at radius 2 is 2.06 bits per heavy atom. The summed E-state index contributed by atoms with van der Waals surface area (Å²) in [5.41, 5.74) is -1.04. The zero-order valence-corrected chi connectivity index (χ0v) is 10.1. The summed E-state index contributed by atoms with van der Waals surface area (Å²) in [5, 5.41) is 10.5. The second-order valence-electron chi connectivity index (χ2n) is 4.18. The topological polar surface area (TPSA) is 65.0 Å². The van der Waals surface area contributed by atoms with E-state index in [0.29, 0.717) is 12.0 Å². The Morgan fingerprint density at radius 1 is 1.41 bits per heavy atom. The molecule has 0 aromatic heterocycles. The van der Waals surface area contributed by atoms with E-state index in [-0.39, 0.29) is 5.92 Å². The van der Waals surface area contributed by atoms with Crippen LogP contribution in [0.2, 0.25) is 0 Å². The van der Waals surface area contributed by atoms with Gasteiger partial charge in [0.2, 0.25) is 5.79 Å². The minimum Gasteiger partial charge on any atom is -0.466 e. The Labute approximate surface area is 99.7 Å². The molecule has 0 aromatic carbocycles. The highest BCUT2D eigenvalue weighted by molar-refractivity contribution is 5.91. The van der Waals surface area contributed by atoms with Gasteiger partial charge in [-0.3, -0.25) is 0 Å². The van der Waals surface area contributed by atoms with Crippen molar-refractivity contribution < 1.29 is 24.1 Å². The summed E-state index contributed by atoms with van der Waals surface area (Å²) in [6, 6.07) is 0. The number of esters is 1. The van der Waals surface area contributed by atoms with Gasteiger partial charge in [0.1, 0.15) is 0 Å². The summed E-state index contributed by atoms with van der Waals surface area (Å²) in [4.78, 5) is 11.7. The van der Waals surface area contributed by atoms with Gasteiger partial charge < -0.3 is 19.3 Å². The average molecular weight is 240 g/mol. The van der Waals surface area contributed by atoms with Crippen molar-refractivity contribution in [3.05, 3.63) is 23.8 Å². The van der Waals surface area contributed by atoms with Gasteiger partial charge in [0.15, 0.2) is 5.60 Å². The number of aliphatic hydroxyl groups is 1. The molecule has 2 aliphatic carbocycles. The van der Waals surface area contributed by atoms with E-state index in [2.05, 4.69) is 0 Å². The predicted octanol–water partition coefficient (Wildman–Crippen LogP) is 0.396. The maximum absolute atomic E-state index is 11.7. The summed E-state index contributed by atoms with van der Waals surface area (Å²) in [7, 11) is 4.22. The lowest BCUT2D eigenvalue weighted by Crippen LogP contribution is -2.57. The predicted molar refractivity (Wildman–Crippen MR) is 59.0 cm³/mol. The van der Waals surface area contributed by atoms with Gasteiger partial charge in [-0.15, -0.1) is 0 Å². The SMILES string of the molecule is COC(=O)C1=C[C@]2(O)C=CC[C@H]1C2(OC)OC. The standard InChI is InChI=1S/C12H16O5/c1-15-10(13)8-7-11(14)6-4-5-9(8)12(11,16-2)17-3/h4,6-7,9,14H,5H2,1-3H3/t9-,11-/m1/s1. The van der Waals surface area contributed by atoms with Crippen LogP contribution < -0.4 is 0 Å². The molecule has 2 aliphatic rings. The molecule has 0 aromatic rings. The largest absolute Gasteiger partial charge is 0.466 e. The molecule has 94 valence electrons. The van der Waals surface area contributed by atoms with Crippen LogP contribution in [0.5, 0.6) is 0 Å². The summed E-state index contributed by atoms with van der Waals surface area (Å²) in [6.07, 6.45) is 5.42. The van der Waals surface area contributed by atoms with Crippen LogP contribution in [-0.2, 0) is 19.0 Å². The Balaban J connectivity index is 2.50. The first kappa shape index (κ1) is 12.3. The fourth-order valence-corrected chi connectivity index (χ4v) is 2.77. The van der Waals surface area contributed by atoms with E-state index in [1.165, 1.54) is 27.4 Å². The summed E-state index contributed by atoms with van der Waals surface area (Å²) in [6.45, 7) is 0. The Kier molecular flexibility index (Phi) is 2.85. The highest BCUT2D eigenvalue weighted by Crippen LogP contribution is 2.51. The highest BCUT2D eigenvalue weighted by Gasteiger charge is 2.62. The number of carbonyl (C=O) groups is 1. The fourth-order valence-electron chi connectivity index (χ4n) is 2.77. The molecule has 0 spiro atoms. The van der Waals surface area contributed by atoms with Gasteiger partial charge in [-0.1, -0.05) is 6.08 Å². The fraction of sp³-hybridized carbons (Fsp3) is 0.583. The number of methoxy groups -OCH3 is 3. The van der Waals surface area contributed by atoms with Gasteiger partial charge >= 0.3 is 5.97 Å². The molecule has 0 radical (unpaired) electrons. The summed E-state index contributed by atoms with van der Waals surface area (Å²) < 4.78 is 15.4. The molecule has 5 nitrogen and oxygen atoms in total. The van der Waals surface area contributed by atoms with Crippen LogP contribution in [0, 0.1) is 5.92 Å². The van der Waals surface area contributed by atoms with Gasteiger partial charge in [-0.25, -0.2) is 4.79 Å². The summed E-state index contributed by atoms with van der Waals surface area (Å²) >= 11 is 0. The van der Waals surface area contributed by atoms with E-state index < -0.39 is 17.4 Å². The molecule has 5 heteroatoms. The lowest BCUT2D eigenvalue weighted by molar-refractivity contribution is -0.288. The quantitative estimate of drug-likeness (QED) is 0.439. The van der Waals surface area contributed by atoms with Crippen molar-refractivity contribution in [3.8, 4) is 0 Å². The van der Waals surface area contributed by atoms with E-state index in [1.54, 1.807) is 6.08 Å². The van der Waals surface area contributed by atoms with Crippen LogP contribution >= 0.6 is 0 Å². The first-order chi connectivity index (χ1) is 8.04. The molecule has 2 rings (SSSR count). The van der Waals surface area contributed by atoms with Crippen molar-refractivity contribution in [1.29, 1.82) is 0 Å². The number of fused-ring (bicyclic) bond motifs is 2. The smallest absolute Gasteiger partial charge is 0.334 e. The lowest BCUT2D eigenvalue weighted by atomic mass is 9.81. The lowest BCUT2D eigenvalue weighted by Gasteiger charge is -2.43. The average Bonchev–Trinajstić information content (AvgIpc) is 2.47. The van der Waals surface area contributed by atoms with Crippen LogP contribution in [0.4, 0.5) is 0 Å². The molecule has 1 N–H and O–H groups in total. The van der Waals surface area contributed by atoms with Crippen molar-refractivity contribution >= 4 is 5.97 Å². The molecule has 0 fully saturated rings. The van der Waals surface area contributed by atoms with E-state index >= 15 is 0 Å². The number of ether oxygens (including phenoxy) is 3. The second kappa shape index (κ2) is 3.94. The van der Waals surface area contributed by atoms with E-state index in [0.717, 1.165) is 0 Å². The first-order valence-electron chi connectivity index (χ1n) is 5.36. The normalized spacial score (nSPS) is 33.4. The Bertz CT molecular complexity index is 394. The third-order valence-electron chi connectivity index (χ3n) is 3.54. The maximum atomic E-state index is 11.7. The third-order valence-corrected chi connectivity index (χ3v) is 3.54. The first-order valence-corrected chi connectivity index (χ1v) is 5.36. The van der Waals surface area contributed by atoms with Crippen LogP contribution in [0.3, 0.4) is 0 Å². The highest BCUT2D eigenvalue weighted by atomic mass is 16.7. The Hall–Kier alpha value is -1.17. The van der Waals surface area contributed by atoms with Crippen molar-refractivity contribution in [3.63, 3.8) is 0 Å². The number of allylic oxidation sites excluding steroid dienone is 1. The monoisotopic (exact) mass is 240 g/mol. The van der Waals surface area contributed by atoms with Gasteiger partial charge in [0, 0.05) is 19.8 Å². The minimum atomic E-state index is -1.43. The summed E-state index contributed by atoms with van der Waals surface area (Å²) in [5.74, 6) is -2.07. The molecule has 0 saturated heterocycles. The van der Waals surface area contributed by atoms with Crippen molar-refractivity contribution in [1.82, 2.24) is 0 Å². The number of hydrogen-bond donors (Lipinski definition) is 1. The number of carbonyl (C=O) groups excluding carboxylic acids is 1. The molecule has 2 atom stereocenters. The van der Waals surface area contributed by atoms with E-state index in [4.69, 9.17) is 14.2 Å². The molecular weight excluding hydrogens is 224 g/mol. The molecule has 0 amide bonds. The van der Waals surface area contributed by atoms with Gasteiger partial charge in [0.05, 0.1) is 13.0 Å². The second-order valence-corrected chi connectivity index (χ2v) is 4.18.